The van der Waals surface area contributed by atoms with Crippen LogP contribution in [0.5, 0.6) is 5.75 Å². The molecule has 1 aromatic carbocycles. The van der Waals surface area contributed by atoms with E-state index in [0.717, 1.165) is 6.29 Å². The van der Waals surface area contributed by atoms with Gasteiger partial charge in [0, 0.05) is 16.6 Å². The average molecular weight is 183 g/mol. The van der Waals surface area contributed by atoms with Crippen molar-refractivity contribution in [2.24, 2.45) is 0 Å². The number of nitrogens with one attached hydrogen (secondary N) is 1. The number of carbonyl (C=O) groups is 1. The molecule has 0 bridgehead atoms. The summed E-state index contributed by atoms with van der Waals surface area (Å²) >= 11 is 4.06. The van der Waals surface area contributed by atoms with E-state index in [9.17, 15) is 4.79 Å². The summed E-state index contributed by atoms with van der Waals surface area (Å²) in [6.45, 7) is 0.233. The Morgan fingerprint density at radius 1 is 1.50 bits per heavy atom. The van der Waals surface area contributed by atoms with Crippen molar-refractivity contribution in [1.82, 2.24) is 0 Å². The normalized spacial score (nSPS) is 9.42. The van der Waals surface area contributed by atoms with Crippen LogP contribution < -0.4 is 5.32 Å². The number of aldehydes is 1. The molecule has 0 aromatic heterocycles. The Morgan fingerprint density at radius 2 is 2.25 bits per heavy atom. The Balaban J connectivity index is 2.78. The molecule has 0 atom stereocenters. The van der Waals surface area contributed by atoms with E-state index in [4.69, 9.17) is 5.11 Å². The lowest BCUT2D eigenvalue weighted by Crippen LogP contribution is -2.01. The number of hydrogen-bond donors (Lipinski definition) is 3. The van der Waals surface area contributed by atoms with Gasteiger partial charge in [0.05, 0.1) is 6.54 Å². The van der Waals surface area contributed by atoms with Crippen LogP contribution in [0, 0.1) is 0 Å². The molecule has 0 aliphatic carbocycles. The first-order valence-electron chi connectivity index (χ1n) is 3.43. The van der Waals surface area contributed by atoms with Crippen LogP contribution in [0.1, 0.15) is 0 Å². The molecule has 4 heteroatoms. The molecular weight excluding hydrogens is 174 g/mol. The zero-order valence-corrected chi connectivity index (χ0v) is 7.21. The van der Waals surface area contributed by atoms with Gasteiger partial charge in [-0.3, -0.25) is 0 Å². The largest absolute Gasteiger partial charge is 0.508 e. The quantitative estimate of drug-likeness (QED) is 0.489. The van der Waals surface area contributed by atoms with Crippen molar-refractivity contribution in [3.8, 4) is 5.75 Å². The fourth-order valence-corrected chi connectivity index (χ4v) is 1.13. The third-order valence-electron chi connectivity index (χ3n) is 1.29. The monoisotopic (exact) mass is 183 g/mol. The molecule has 0 saturated carbocycles. The highest BCUT2D eigenvalue weighted by Crippen LogP contribution is 2.21. The average Bonchev–Trinajstić information content (AvgIpc) is 1.99. The molecular formula is C8H9NO2S. The van der Waals surface area contributed by atoms with Crippen molar-refractivity contribution in [1.29, 1.82) is 0 Å². The number of phenols is 1. The molecule has 1 aromatic rings. The molecule has 0 heterocycles. The second kappa shape index (κ2) is 4.01. The Kier molecular flexibility index (Phi) is 2.99. The molecule has 0 radical (unpaired) electrons. The molecule has 0 aliphatic heterocycles. The molecule has 1 rings (SSSR count). The van der Waals surface area contributed by atoms with Crippen LogP contribution in [-0.4, -0.2) is 17.9 Å². The Morgan fingerprint density at radius 3 is 2.83 bits per heavy atom. The number of benzene rings is 1. The topological polar surface area (TPSA) is 49.3 Å². The zero-order chi connectivity index (χ0) is 8.97. The van der Waals surface area contributed by atoms with E-state index in [0.29, 0.717) is 10.6 Å². The number of rotatable bonds is 3. The minimum atomic E-state index is 0.135. The summed E-state index contributed by atoms with van der Waals surface area (Å²) in [5.41, 5.74) is 0.687. The van der Waals surface area contributed by atoms with Crippen LogP contribution >= 0.6 is 12.6 Å². The maximum Gasteiger partial charge on any atom is 0.139 e. The van der Waals surface area contributed by atoms with Gasteiger partial charge in [0.1, 0.15) is 12.0 Å². The van der Waals surface area contributed by atoms with Gasteiger partial charge in [-0.1, -0.05) is 0 Å². The lowest BCUT2D eigenvalue weighted by atomic mass is 10.3. The standard InChI is InChI=1S/C8H9NO2S/c10-2-1-9-6-3-7(11)5-8(12)4-6/h2-5,9,11-12H,1H2. The summed E-state index contributed by atoms with van der Waals surface area (Å²) in [5, 5.41) is 11.9. The van der Waals surface area contributed by atoms with Crippen molar-refractivity contribution in [2.45, 2.75) is 4.90 Å². The van der Waals surface area contributed by atoms with Gasteiger partial charge < -0.3 is 15.2 Å². The van der Waals surface area contributed by atoms with Crippen LogP contribution in [0.2, 0.25) is 0 Å². The van der Waals surface area contributed by atoms with Crippen molar-refractivity contribution in [3.63, 3.8) is 0 Å². The maximum absolute atomic E-state index is 10.0. The molecule has 0 aliphatic rings. The van der Waals surface area contributed by atoms with Crippen LogP contribution in [0.15, 0.2) is 23.1 Å². The van der Waals surface area contributed by atoms with Gasteiger partial charge in [-0.2, -0.15) is 0 Å². The summed E-state index contributed by atoms with van der Waals surface area (Å²) in [5.74, 6) is 0.135. The molecule has 64 valence electrons. The number of thiol groups is 1. The lowest BCUT2D eigenvalue weighted by Gasteiger charge is -2.03. The van der Waals surface area contributed by atoms with E-state index in [1.807, 2.05) is 0 Å². The Labute approximate surface area is 75.8 Å². The van der Waals surface area contributed by atoms with Crippen molar-refractivity contribution >= 4 is 24.6 Å². The maximum atomic E-state index is 10.0. The number of phenolic OH excluding ortho intramolecular Hbond substituents is 1. The van der Waals surface area contributed by atoms with Crippen LogP contribution in [0.25, 0.3) is 0 Å². The highest BCUT2D eigenvalue weighted by atomic mass is 32.1. The fraction of sp³-hybridized carbons (Fsp3) is 0.125. The van der Waals surface area contributed by atoms with Gasteiger partial charge in [-0.15, -0.1) is 12.6 Å². The third kappa shape index (κ3) is 2.47. The van der Waals surface area contributed by atoms with Gasteiger partial charge in [0.2, 0.25) is 0 Å². The van der Waals surface area contributed by atoms with Gasteiger partial charge in [0.15, 0.2) is 0 Å². The number of anilines is 1. The van der Waals surface area contributed by atoms with E-state index in [1.165, 1.54) is 12.1 Å². The number of carbonyl (C=O) groups excluding carboxylic acids is 1. The Bertz CT molecular complexity index is 268. The number of hydrogen-bond acceptors (Lipinski definition) is 4. The summed E-state index contributed by atoms with van der Waals surface area (Å²) in [4.78, 5) is 10.7. The van der Waals surface area contributed by atoms with E-state index >= 15 is 0 Å². The summed E-state index contributed by atoms with van der Waals surface area (Å²) in [7, 11) is 0. The molecule has 3 nitrogen and oxygen atoms in total. The lowest BCUT2D eigenvalue weighted by molar-refractivity contribution is -0.106. The molecule has 0 fully saturated rings. The van der Waals surface area contributed by atoms with Crippen molar-refractivity contribution in [2.75, 3.05) is 11.9 Å². The van der Waals surface area contributed by atoms with Crippen molar-refractivity contribution < 1.29 is 9.90 Å². The van der Waals surface area contributed by atoms with E-state index < -0.39 is 0 Å². The van der Waals surface area contributed by atoms with E-state index in [-0.39, 0.29) is 12.3 Å². The van der Waals surface area contributed by atoms with Gasteiger partial charge >= 0.3 is 0 Å². The van der Waals surface area contributed by atoms with Gasteiger partial charge in [0.25, 0.3) is 0 Å². The highest BCUT2D eigenvalue weighted by Gasteiger charge is 1.95. The second-order valence-corrected chi connectivity index (χ2v) is 2.80. The molecule has 0 unspecified atom stereocenters. The first kappa shape index (κ1) is 8.93. The minimum absolute atomic E-state index is 0.135. The zero-order valence-electron chi connectivity index (χ0n) is 6.32. The van der Waals surface area contributed by atoms with E-state index in [2.05, 4.69) is 17.9 Å². The highest BCUT2D eigenvalue weighted by molar-refractivity contribution is 7.80. The van der Waals surface area contributed by atoms with E-state index in [1.54, 1.807) is 6.07 Å². The SMILES string of the molecule is O=CCNc1cc(O)cc(S)c1. The summed E-state index contributed by atoms with van der Waals surface area (Å²) < 4.78 is 0. The van der Waals surface area contributed by atoms with Gasteiger partial charge in [-0.25, -0.2) is 0 Å². The van der Waals surface area contributed by atoms with Crippen LogP contribution in [-0.2, 0) is 4.79 Å². The molecule has 0 amide bonds. The summed E-state index contributed by atoms with van der Waals surface area (Å²) in [6, 6.07) is 4.78. The minimum Gasteiger partial charge on any atom is -0.508 e. The molecule has 2 N–H and O–H groups in total. The first-order valence-corrected chi connectivity index (χ1v) is 3.87. The fourth-order valence-electron chi connectivity index (χ4n) is 0.857. The predicted molar refractivity (Wildman–Crippen MR) is 49.9 cm³/mol. The summed E-state index contributed by atoms with van der Waals surface area (Å²) in [6.07, 6.45) is 0.752. The number of aromatic hydroxyl groups is 1. The van der Waals surface area contributed by atoms with Crippen LogP contribution in [0.3, 0.4) is 0 Å². The van der Waals surface area contributed by atoms with Crippen molar-refractivity contribution in [3.05, 3.63) is 18.2 Å². The molecule has 0 spiro atoms. The first-order chi connectivity index (χ1) is 5.72. The predicted octanol–water partition coefficient (Wildman–Crippen LogP) is 1.29. The molecule has 0 saturated heterocycles. The third-order valence-corrected chi connectivity index (χ3v) is 1.55. The second-order valence-electron chi connectivity index (χ2n) is 2.29. The Hall–Kier alpha value is -1.16. The molecule has 12 heavy (non-hydrogen) atoms. The smallest absolute Gasteiger partial charge is 0.139 e. The van der Waals surface area contributed by atoms with Gasteiger partial charge in [-0.05, 0) is 12.1 Å². The van der Waals surface area contributed by atoms with Crippen LogP contribution in [0.4, 0.5) is 5.69 Å².